The molecule has 0 saturated carbocycles. The van der Waals surface area contributed by atoms with Crippen molar-refractivity contribution in [3.8, 4) is 0 Å². The van der Waals surface area contributed by atoms with E-state index in [1.807, 2.05) is 6.92 Å². The van der Waals surface area contributed by atoms with Crippen molar-refractivity contribution in [1.82, 2.24) is 9.62 Å². The van der Waals surface area contributed by atoms with Crippen LogP contribution in [0.15, 0.2) is 29.2 Å². The van der Waals surface area contributed by atoms with Crippen LogP contribution in [0.2, 0.25) is 0 Å². The molecule has 7 heteroatoms. The molecule has 2 rings (SSSR count). The topological polar surface area (TPSA) is 75.7 Å². The van der Waals surface area contributed by atoms with Crippen LogP contribution in [0.25, 0.3) is 0 Å². The van der Waals surface area contributed by atoms with Gasteiger partial charge in [-0.25, -0.2) is 13.2 Å². The Hall–Kier alpha value is -1.44. The first-order valence-electron chi connectivity index (χ1n) is 6.41. The molecule has 0 amide bonds. The molecule has 1 aromatic rings. The summed E-state index contributed by atoms with van der Waals surface area (Å²) >= 11 is 0. The molecule has 0 unspecified atom stereocenters. The summed E-state index contributed by atoms with van der Waals surface area (Å²) < 4.78 is 31.1. The lowest BCUT2D eigenvalue weighted by molar-refractivity contribution is 0.0600. The second-order valence-electron chi connectivity index (χ2n) is 4.54. The minimum atomic E-state index is -3.52. The maximum atomic E-state index is 12.5. The lowest BCUT2D eigenvalue weighted by atomic mass is 10.2. The zero-order chi connectivity index (χ0) is 14.8. The molecule has 1 fully saturated rings. The molecule has 1 N–H and O–H groups in total. The highest BCUT2D eigenvalue weighted by Gasteiger charge is 2.33. The van der Waals surface area contributed by atoms with Crippen molar-refractivity contribution in [3.63, 3.8) is 0 Å². The van der Waals surface area contributed by atoms with Crippen molar-refractivity contribution in [3.05, 3.63) is 29.8 Å². The Labute approximate surface area is 118 Å². The second kappa shape index (κ2) is 5.90. The molecule has 6 nitrogen and oxygen atoms in total. The van der Waals surface area contributed by atoms with Crippen LogP contribution in [0.1, 0.15) is 17.3 Å². The molecule has 0 spiro atoms. The lowest BCUT2D eigenvalue weighted by Gasteiger charge is -2.36. The van der Waals surface area contributed by atoms with Crippen LogP contribution in [-0.4, -0.2) is 51.5 Å². The van der Waals surface area contributed by atoms with Gasteiger partial charge in [-0.3, -0.25) is 0 Å². The summed E-state index contributed by atoms with van der Waals surface area (Å²) in [6.45, 7) is 3.59. The Morgan fingerprint density at radius 1 is 1.35 bits per heavy atom. The van der Waals surface area contributed by atoms with Crippen LogP contribution >= 0.6 is 0 Å². The number of ether oxygens (including phenoxy) is 1. The van der Waals surface area contributed by atoms with E-state index in [4.69, 9.17) is 0 Å². The molecule has 1 aliphatic heterocycles. The molecule has 20 heavy (non-hydrogen) atoms. The van der Waals surface area contributed by atoms with Crippen LogP contribution in [0, 0.1) is 0 Å². The molecule has 0 radical (unpaired) electrons. The van der Waals surface area contributed by atoms with E-state index in [-0.39, 0.29) is 10.9 Å². The predicted molar refractivity (Wildman–Crippen MR) is 74.0 cm³/mol. The first kappa shape index (κ1) is 15.0. The average molecular weight is 298 g/mol. The van der Waals surface area contributed by atoms with Gasteiger partial charge in [0, 0.05) is 25.7 Å². The number of nitrogens with zero attached hydrogens (tertiary/aromatic N) is 1. The number of esters is 1. The molecule has 110 valence electrons. The van der Waals surface area contributed by atoms with Crippen molar-refractivity contribution in [2.75, 3.05) is 26.7 Å². The van der Waals surface area contributed by atoms with E-state index in [0.29, 0.717) is 25.2 Å². The summed E-state index contributed by atoms with van der Waals surface area (Å²) in [5.41, 5.74) is 0.333. The molecule has 0 bridgehead atoms. The van der Waals surface area contributed by atoms with Crippen molar-refractivity contribution in [1.29, 1.82) is 0 Å². The van der Waals surface area contributed by atoms with Crippen molar-refractivity contribution >= 4 is 16.0 Å². The minimum Gasteiger partial charge on any atom is -0.465 e. The van der Waals surface area contributed by atoms with Crippen molar-refractivity contribution in [2.24, 2.45) is 0 Å². The van der Waals surface area contributed by atoms with E-state index in [9.17, 15) is 13.2 Å². The first-order valence-corrected chi connectivity index (χ1v) is 7.85. The summed E-state index contributed by atoms with van der Waals surface area (Å²) in [5.74, 6) is -0.482. The van der Waals surface area contributed by atoms with Crippen molar-refractivity contribution in [2.45, 2.75) is 17.9 Å². The lowest BCUT2D eigenvalue weighted by Crippen LogP contribution is -2.58. The van der Waals surface area contributed by atoms with Gasteiger partial charge in [-0.15, -0.1) is 0 Å². The Balaban J connectivity index is 2.26. The molecule has 0 aliphatic carbocycles. The maximum absolute atomic E-state index is 12.5. The minimum absolute atomic E-state index is 0.00489. The number of carbonyl (C=O) groups is 1. The standard InChI is InChI=1S/C13H18N2O4S/c1-3-15(11-8-14-9-11)20(17,18)12-6-4-10(5-7-12)13(16)19-2/h4-7,11,14H,3,8-9H2,1-2H3. The van der Waals surface area contributed by atoms with Gasteiger partial charge in [0.2, 0.25) is 10.0 Å². The largest absolute Gasteiger partial charge is 0.465 e. The summed E-state index contributed by atoms with van der Waals surface area (Å²) in [6, 6.07) is 5.81. The third-order valence-electron chi connectivity index (χ3n) is 3.36. The number of likely N-dealkylation sites (N-methyl/N-ethyl adjacent to an activating group) is 1. The molecule has 1 aliphatic rings. The Morgan fingerprint density at radius 3 is 2.35 bits per heavy atom. The quantitative estimate of drug-likeness (QED) is 0.799. The Morgan fingerprint density at radius 2 is 1.95 bits per heavy atom. The zero-order valence-corrected chi connectivity index (χ0v) is 12.3. The van der Waals surface area contributed by atoms with Gasteiger partial charge in [0.05, 0.1) is 17.6 Å². The number of rotatable bonds is 5. The van der Waals surface area contributed by atoms with Gasteiger partial charge >= 0.3 is 5.97 Å². The van der Waals surface area contributed by atoms with E-state index in [1.165, 1.54) is 35.7 Å². The van der Waals surface area contributed by atoms with Gasteiger partial charge in [-0.2, -0.15) is 4.31 Å². The normalized spacial score (nSPS) is 15.9. The van der Waals surface area contributed by atoms with Gasteiger partial charge < -0.3 is 10.1 Å². The summed E-state index contributed by atoms with van der Waals surface area (Å²) in [6.07, 6.45) is 0. The fraction of sp³-hybridized carbons (Fsp3) is 0.462. The van der Waals surface area contributed by atoms with E-state index in [0.717, 1.165) is 0 Å². The molecular weight excluding hydrogens is 280 g/mol. The fourth-order valence-electron chi connectivity index (χ4n) is 2.12. The number of carbonyl (C=O) groups excluding carboxylic acids is 1. The molecule has 0 atom stereocenters. The Kier molecular flexibility index (Phi) is 4.42. The molecule has 1 saturated heterocycles. The van der Waals surface area contributed by atoms with E-state index < -0.39 is 16.0 Å². The highest BCUT2D eigenvalue weighted by atomic mass is 32.2. The van der Waals surface area contributed by atoms with Crippen LogP contribution in [0.4, 0.5) is 0 Å². The number of hydrogen-bond acceptors (Lipinski definition) is 5. The number of methoxy groups -OCH3 is 1. The molecule has 1 aromatic carbocycles. The van der Waals surface area contributed by atoms with Gasteiger partial charge in [0.15, 0.2) is 0 Å². The third kappa shape index (κ3) is 2.70. The van der Waals surface area contributed by atoms with Crippen LogP contribution in [0.3, 0.4) is 0 Å². The smallest absolute Gasteiger partial charge is 0.337 e. The second-order valence-corrected chi connectivity index (χ2v) is 6.43. The Bertz CT molecular complexity index is 579. The fourth-order valence-corrected chi connectivity index (χ4v) is 3.75. The summed E-state index contributed by atoms with van der Waals surface area (Å²) in [5, 5.41) is 3.06. The zero-order valence-electron chi connectivity index (χ0n) is 11.5. The van der Waals surface area contributed by atoms with Crippen molar-refractivity contribution < 1.29 is 17.9 Å². The first-order chi connectivity index (χ1) is 9.50. The summed E-state index contributed by atoms with van der Waals surface area (Å²) in [4.78, 5) is 11.5. The predicted octanol–water partition coefficient (Wildman–Crippen LogP) is 0.456. The summed E-state index contributed by atoms with van der Waals surface area (Å²) in [7, 11) is -2.23. The maximum Gasteiger partial charge on any atom is 0.337 e. The highest BCUT2D eigenvalue weighted by molar-refractivity contribution is 7.89. The number of benzene rings is 1. The molecular formula is C13H18N2O4S. The van der Waals surface area contributed by atoms with Gasteiger partial charge in [-0.05, 0) is 24.3 Å². The van der Waals surface area contributed by atoms with E-state index >= 15 is 0 Å². The third-order valence-corrected chi connectivity index (χ3v) is 5.40. The molecule has 0 aromatic heterocycles. The monoisotopic (exact) mass is 298 g/mol. The number of sulfonamides is 1. The van der Waals surface area contributed by atoms with Crippen LogP contribution < -0.4 is 5.32 Å². The highest BCUT2D eigenvalue weighted by Crippen LogP contribution is 2.20. The van der Waals surface area contributed by atoms with Gasteiger partial charge in [-0.1, -0.05) is 6.92 Å². The molecule has 1 heterocycles. The van der Waals surface area contributed by atoms with Crippen LogP contribution in [0.5, 0.6) is 0 Å². The number of hydrogen-bond donors (Lipinski definition) is 1. The SMILES string of the molecule is CCN(C1CNC1)S(=O)(=O)c1ccc(C(=O)OC)cc1. The number of nitrogens with one attached hydrogen (secondary N) is 1. The van der Waals surface area contributed by atoms with Crippen LogP contribution in [-0.2, 0) is 14.8 Å². The van der Waals surface area contributed by atoms with E-state index in [2.05, 4.69) is 10.1 Å². The van der Waals surface area contributed by atoms with E-state index in [1.54, 1.807) is 0 Å². The van der Waals surface area contributed by atoms with Gasteiger partial charge in [0.25, 0.3) is 0 Å². The average Bonchev–Trinajstić information content (AvgIpc) is 2.41. The van der Waals surface area contributed by atoms with Gasteiger partial charge in [0.1, 0.15) is 0 Å².